The van der Waals surface area contributed by atoms with Crippen LogP contribution in [0, 0.1) is 0 Å². The van der Waals surface area contributed by atoms with Crippen molar-refractivity contribution in [1.29, 1.82) is 0 Å². The molecule has 0 aromatic carbocycles. The van der Waals surface area contributed by atoms with Crippen molar-refractivity contribution in [3.8, 4) is 0 Å². The lowest BCUT2D eigenvalue weighted by Crippen LogP contribution is -2.40. The van der Waals surface area contributed by atoms with E-state index in [1.165, 1.54) is 0 Å². The molecule has 0 aromatic heterocycles. The minimum atomic E-state index is -0.431. The van der Waals surface area contributed by atoms with Crippen LogP contribution in [0.3, 0.4) is 0 Å². The van der Waals surface area contributed by atoms with Gasteiger partial charge in [-0.15, -0.1) is 0 Å². The molecule has 78 valence electrons. The topological polar surface area (TPSA) is 38.3 Å². The Labute approximate surface area is 88.4 Å². The molecule has 0 aliphatic heterocycles. The summed E-state index contributed by atoms with van der Waals surface area (Å²) in [6, 6.07) is 0.0647. The van der Waals surface area contributed by atoms with Gasteiger partial charge >= 0.3 is 6.09 Å². The summed E-state index contributed by atoms with van der Waals surface area (Å²) in [5, 5.41) is 2.73. The molecule has 0 bridgehead atoms. The van der Waals surface area contributed by atoms with E-state index in [1.807, 2.05) is 34.6 Å². The van der Waals surface area contributed by atoms with Gasteiger partial charge in [-0.05, 0) is 27.7 Å². The first-order valence-electron chi connectivity index (χ1n) is 4.36. The zero-order valence-corrected chi connectivity index (χ0v) is 10.4. The van der Waals surface area contributed by atoms with Gasteiger partial charge in [-0.2, -0.15) is 0 Å². The number of halogens is 1. The number of ether oxygens (including phenoxy) is 1. The number of alkyl halides is 1. The summed E-state index contributed by atoms with van der Waals surface area (Å²) in [7, 11) is 0. The highest BCUT2D eigenvalue weighted by atomic mass is 79.9. The van der Waals surface area contributed by atoms with Crippen LogP contribution in [0.4, 0.5) is 4.79 Å². The van der Waals surface area contributed by atoms with Gasteiger partial charge in [0, 0.05) is 10.9 Å². The highest BCUT2D eigenvalue weighted by Crippen LogP contribution is 2.08. The third-order valence-corrected chi connectivity index (χ3v) is 2.23. The first-order chi connectivity index (χ1) is 5.72. The predicted octanol–water partition coefficient (Wildman–Crippen LogP) is 2.68. The third kappa shape index (κ3) is 6.87. The fourth-order valence-corrected chi connectivity index (χ4v) is 0.740. The molecule has 1 N–H and O–H groups in total. The normalized spacial score (nSPS) is 16.2. The lowest BCUT2D eigenvalue weighted by molar-refractivity contribution is 0.0509. The van der Waals surface area contributed by atoms with Gasteiger partial charge in [-0.1, -0.05) is 22.9 Å². The molecular formula is C9H18BrNO2. The van der Waals surface area contributed by atoms with Gasteiger partial charge in [0.25, 0.3) is 0 Å². The Hall–Kier alpha value is -0.250. The van der Waals surface area contributed by atoms with E-state index in [1.54, 1.807) is 0 Å². The van der Waals surface area contributed by atoms with Crippen molar-refractivity contribution >= 4 is 22.0 Å². The number of rotatable bonds is 2. The van der Waals surface area contributed by atoms with Crippen LogP contribution in [0.25, 0.3) is 0 Å². The van der Waals surface area contributed by atoms with Crippen molar-refractivity contribution in [2.24, 2.45) is 0 Å². The predicted molar refractivity (Wildman–Crippen MR) is 57.2 cm³/mol. The molecule has 0 saturated carbocycles. The maximum atomic E-state index is 11.2. The van der Waals surface area contributed by atoms with Crippen LogP contribution in [0.2, 0.25) is 0 Å². The fourth-order valence-electron chi connectivity index (χ4n) is 0.608. The maximum absolute atomic E-state index is 11.2. The molecule has 13 heavy (non-hydrogen) atoms. The van der Waals surface area contributed by atoms with E-state index in [4.69, 9.17) is 4.74 Å². The van der Waals surface area contributed by atoms with Gasteiger partial charge in [-0.3, -0.25) is 0 Å². The number of amides is 1. The molecule has 1 amide bonds. The molecule has 0 fully saturated rings. The van der Waals surface area contributed by atoms with Gasteiger partial charge < -0.3 is 10.1 Å². The standard InChI is InChI=1S/C9H18BrNO2/c1-6(10)7(2)11-8(12)13-9(3,4)5/h6-7H,1-5H3,(H,11,12). The van der Waals surface area contributed by atoms with Crippen molar-refractivity contribution < 1.29 is 9.53 Å². The summed E-state index contributed by atoms with van der Waals surface area (Å²) in [5.41, 5.74) is -0.431. The molecule has 3 nitrogen and oxygen atoms in total. The Morgan fingerprint density at radius 3 is 2.15 bits per heavy atom. The van der Waals surface area contributed by atoms with Crippen LogP contribution in [0.15, 0.2) is 0 Å². The van der Waals surface area contributed by atoms with Crippen LogP contribution < -0.4 is 5.32 Å². The molecule has 0 saturated heterocycles. The second-order valence-corrected chi connectivity index (χ2v) is 5.56. The number of nitrogens with one attached hydrogen (secondary N) is 1. The van der Waals surface area contributed by atoms with Crippen molar-refractivity contribution in [2.75, 3.05) is 0 Å². The lowest BCUT2D eigenvalue weighted by atomic mass is 10.2. The summed E-state index contributed by atoms with van der Waals surface area (Å²) < 4.78 is 5.09. The fraction of sp³-hybridized carbons (Fsp3) is 0.889. The summed E-state index contributed by atoms with van der Waals surface area (Å²) >= 11 is 3.38. The smallest absolute Gasteiger partial charge is 0.407 e. The quantitative estimate of drug-likeness (QED) is 0.767. The number of carbonyl (C=O) groups excluding carboxylic acids is 1. The van der Waals surface area contributed by atoms with Crippen LogP contribution in [0.1, 0.15) is 34.6 Å². The molecular weight excluding hydrogens is 234 g/mol. The van der Waals surface area contributed by atoms with Gasteiger partial charge in [-0.25, -0.2) is 4.79 Å². The Balaban J connectivity index is 3.89. The minimum absolute atomic E-state index is 0.0647. The maximum Gasteiger partial charge on any atom is 0.407 e. The molecule has 2 atom stereocenters. The van der Waals surface area contributed by atoms with Gasteiger partial charge in [0.05, 0.1) is 0 Å². The monoisotopic (exact) mass is 251 g/mol. The van der Waals surface area contributed by atoms with Crippen LogP contribution in [-0.2, 0) is 4.74 Å². The Bertz CT molecular complexity index is 175. The highest BCUT2D eigenvalue weighted by Gasteiger charge is 2.18. The second-order valence-electron chi connectivity index (χ2n) is 4.11. The molecule has 0 aromatic rings. The van der Waals surface area contributed by atoms with E-state index in [-0.39, 0.29) is 17.0 Å². The molecule has 4 heteroatoms. The molecule has 2 unspecified atom stereocenters. The zero-order valence-electron chi connectivity index (χ0n) is 8.85. The third-order valence-electron chi connectivity index (χ3n) is 1.43. The van der Waals surface area contributed by atoms with Crippen LogP contribution in [0.5, 0.6) is 0 Å². The number of hydrogen-bond acceptors (Lipinski definition) is 2. The van der Waals surface area contributed by atoms with E-state index >= 15 is 0 Å². The first kappa shape index (κ1) is 12.8. The Morgan fingerprint density at radius 2 is 1.85 bits per heavy atom. The van der Waals surface area contributed by atoms with Crippen molar-refractivity contribution in [1.82, 2.24) is 5.32 Å². The number of carbonyl (C=O) groups is 1. The van der Waals surface area contributed by atoms with E-state index in [0.717, 1.165) is 0 Å². The Morgan fingerprint density at radius 1 is 1.38 bits per heavy atom. The molecule has 0 radical (unpaired) electrons. The Kier molecular flexibility index (Phi) is 4.75. The van der Waals surface area contributed by atoms with E-state index in [0.29, 0.717) is 0 Å². The van der Waals surface area contributed by atoms with E-state index in [2.05, 4.69) is 21.2 Å². The van der Waals surface area contributed by atoms with Crippen molar-refractivity contribution in [3.63, 3.8) is 0 Å². The molecule has 0 rings (SSSR count). The average molecular weight is 252 g/mol. The minimum Gasteiger partial charge on any atom is -0.444 e. The van der Waals surface area contributed by atoms with Gasteiger partial charge in [0.2, 0.25) is 0 Å². The van der Waals surface area contributed by atoms with Crippen LogP contribution in [-0.4, -0.2) is 22.6 Å². The average Bonchev–Trinajstić information content (AvgIpc) is 1.81. The SMILES string of the molecule is CC(Br)C(C)NC(=O)OC(C)(C)C. The van der Waals surface area contributed by atoms with Crippen molar-refractivity contribution in [2.45, 2.75) is 51.1 Å². The first-order valence-corrected chi connectivity index (χ1v) is 5.27. The summed E-state index contributed by atoms with van der Waals surface area (Å²) in [6.07, 6.45) is -0.369. The van der Waals surface area contributed by atoms with Gasteiger partial charge in [0.1, 0.15) is 5.60 Å². The number of alkyl carbamates (subject to hydrolysis) is 1. The molecule has 0 aliphatic rings. The molecule has 0 heterocycles. The van der Waals surface area contributed by atoms with E-state index < -0.39 is 5.60 Å². The van der Waals surface area contributed by atoms with E-state index in [9.17, 15) is 4.79 Å². The summed E-state index contributed by atoms with van der Waals surface area (Å²) in [6.45, 7) is 9.42. The molecule has 0 spiro atoms. The second kappa shape index (κ2) is 4.84. The summed E-state index contributed by atoms with van der Waals surface area (Å²) in [5.74, 6) is 0. The van der Waals surface area contributed by atoms with Crippen molar-refractivity contribution in [3.05, 3.63) is 0 Å². The number of hydrogen-bond donors (Lipinski definition) is 1. The molecule has 0 aliphatic carbocycles. The summed E-state index contributed by atoms with van der Waals surface area (Å²) in [4.78, 5) is 11.5. The largest absolute Gasteiger partial charge is 0.444 e. The zero-order chi connectivity index (χ0) is 10.6. The lowest BCUT2D eigenvalue weighted by Gasteiger charge is -2.22. The highest BCUT2D eigenvalue weighted by molar-refractivity contribution is 9.09. The van der Waals surface area contributed by atoms with Gasteiger partial charge in [0.15, 0.2) is 0 Å². The van der Waals surface area contributed by atoms with Crippen LogP contribution >= 0.6 is 15.9 Å².